The predicted molar refractivity (Wildman–Crippen MR) is 366 cm³/mol. The molecule has 0 saturated carbocycles. The number of carbonyl (C=O) groups excluding carboxylic acids is 11. The fraction of sp³-hybridized carbons (Fsp3) is 0.403. The van der Waals surface area contributed by atoms with Crippen LogP contribution in [0.3, 0.4) is 0 Å². The van der Waals surface area contributed by atoms with Crippen LogP contribution in [0.1, 0.15) is 132 Å². The van der Waals surface area contributed by atoms with Gasteiger partial charge in [-0.1, -0.05) is 68.8 Å². The number of benzene rings is 4. The van der Waals surface area contributed by atoms with Crippen molar-refractivity contribution in [3.63, 3.8) is 0 Å². The number of likely N-dealkylation sites (N-methyl/N-ethyl adjacent to an activating group) is 1. The van der Waals surface area contributed by atoms with Crippen molar-refractivity contribution < 1.29 is 71.3 Å². The maximum Gasteiger partial charge on any atom is 0.411 e. The molecule has 1 aliphatic carbocycles. The van der Waals surface area contributed by atoms with Crippen LogP contribution >= 0.6 is 11.8 Å². The van der Waals surface area contributed by atoms with Gasteiger partial charge in [0.1, 0.15) is 25.1 Å². The van der Waals surface area contributed by atoms with Crippen molar-refractivity contribution in [3.8, 4) is 11.4 Å². The number of amides is 10. The van der Waals surface area contributed by atoms with E-state index in [-0.39, 0.29) is 79.8 Å². The first-order chi connectivity index (χ1) is 48.0. The largest absolute Gasteiger partial charge is 0.457 e. The zero-order valence-electron chi connectivity index (χ0n) is 56.3. The minimum absolute atomic E-state index is 0.0139. The molecule has 11 rings (SSSR count). The minimum atomic E-state index is -2.07. The molecule has 6 heterocycles. The number of carbonyl (C=O) groups is 11. The van der Waals surface area contributed by atoms with Crippen LogP contribution in [0.15, 0.2) is 89.7 Å². The van der Waals surface area contributed by atoms with Gasteiger partial charge in [-0.2, -0.15) is 11.8 Å². The molecule has 2 aromatic heterocycles. The summed E-state index contributed by atoms with van der Waals surface area (Å²) in [4.78, 5) is 170. The molecule has 100 heavy (non-hydrogen) atoms. The van der Waals surface area contributed by atoms with Crippen LogP contribution in [0.4, 0.5) is 25.4 Å². The first kappa shape index (κ1) is 70.8. The van der Waals surface area contributed by atoms with Gasteiger partial charge in [-0.25, -0.2) is 28.7 Å². The predicted octanol–water partition coefficient (Wildman–Crippen LogP) is 6.33. The van der Waals surface area contributed by atoms with Crippen LogP contribution < -0.4 is 42.4 Å². The molecule has 2 saturated heterocycles. The number of thioether (sulfide) groups is 1. The summed E-state index contributed by atoms with van der Waals surface area (Å²) in [5, 5.41) is 16.2. The Morgan fingerprint density at radius 1 is 0.840 bits per heavy atom. The maximum absolute atomic E-state index is 15.6. The SMILES string of the molecule is CCCCC(=O)N[C@H]1CCc2c(C)c(F)cc3nc4c(c1c23)Cn1c-4cc2c(c1=O)COC(=O)[C@@]2(CC)OC(=O)N(C)C[C@@H]1CCCN1C(=O)OCc1ccc(NC(=O)CNC(=O)[C@H](Cc2ccccc2)NC(=O)CNC(=O)CNC(=O)c2cc(N3C(=O)CC(SC)C3=O)ccc2C)cc1. The average Bonchev–Trinajstić information content (AvgIpc) is 1.46. The number of imide groups is 1. The number of hydrogen-bond acceptors (Lipinski definition) is 17. The van der Waals surface area contributed by atoms with Gasteiger partial charge in [-0.05, 0) is 122 Å². The topological polar surface area (TPSA) is 332 Å². The maximum atomic E-state index is 15.6. The molecular formula is C72H78FN11O15S. The van der Waals surface area contributed by atoms with Gasteiger partial charge in [0, 0.05) is 73.2 Å². The molecule has 2 fully saturated rings. The number of rotatable bonds is 24. The van der Waals surface area contributed by atoms with Crippen molar-refractivity contribution in [1.82, 2.24) is 45.9 Å². The summed E-state index contributed by atoms with van der Waals surface area (Å²) in [6, 6.07) is 20.6. The molecule has 4 aromatic carbocycles. The third-order valence-corrected chi connectivity index (χ3v) is 20.0. The lowest BCUT2D eigenvalue weighted by Crippen LogP contribution is -2.52. The Morgan fingerprint density at radius 3 is 2.32 bits per heavy atom. The van der Waals surface area contributed by atoms with Gasteiger partial charge in [0.2, 0.25) is 47.0 Å². The summed E-state index contributed by atoms with van der Waals surface area (Å²) in [5.74, 6) is -5.61. The van der Waals surface area contributed by atoms with Gasteiger partial charge < -0.3 is 60.5 Å². The van der Waals surface area contributed by atoms with Crippen LogP contribution in [0.5, 0.6) is 0 Å². The zero-order valence-corrected chi connectivity index (χ0v) is 57.1. The summed E-state index contributed by atoms with van der Waals surface area (Å²) in [6.07, 6.45) is 4.12. The fourth-order valence-corrected chi connectivity index (χ4v) is 14.2. The number of cyclic esters (lactones) is 1. The van der Waals surface area contributed by atoms with Crippen molar-refractivity contribution in [3.05, 3.63) is 157 Å². The molecule has 1 unspecified atom stereocenters. The molecule has 524 valence electrons. The van der Waals surface area contributed by atoms with E-state index < -0.39 is 114 Å². The van der Waals surface area contributed by atoms with E-state index in [4.69, 9.17) is 19.2 Å². The number of unbranched alkanes of at least 4 members (excludes halogenated alkanes) is 1. The van der Waals surface area contributed by atoms with Crippen molar-refractivity contribution in [2.45, 2.75) is 141 Å². The molecule has 0 bridgehead atoms. The van der Waals surface area contributed by atoms with E-state index in [9.17, 15) is 57.5 Å². The number of halogens is 1. The molecule has 5 atom stereocenters. The second-order valence-corrected chi connectivity index (χ2v) is 26.6. The van der Waals surface area contributed by atoms with E-state index >= 15 is 4.39 Å². The Balaban J connectivity index is 0.660. The Morgan fingerprint density at radius 2 is 1.59 bits per heavy atom. The summed E-state index contributed by atoms with van der Waals surface area (Å²) >= 11 is 1.26. The first-order valence-electron chi connectivity index (χ1n) is 33.3. The number of nitrogens with zero attached hydrogens (tertiary/aromatic N) is 5. The van der Waals surface area contributed by atoms with Gasteiger partial charge in [-0.15, -0.1) is 0 Å². The van der Waals surface area contributed by atoms with Crippen molar-refractivity contribution >= 4 is 99.5 Å². The van der Waals surface area contributed by atoms with Gasteiger partial charge in [-0.3, -0.25) is 43.2 Å². The van der Waals surface area contributed by atoms with Crippen LogP contribution in [0.25, 0.3) is 22.3 Å². The monoisotopic (exact) mass is 1390 g/mol. The van der Waals surface area contributed by atoms with Crippen LogP contribution in [0, 0.1) is 19.7 Å². The van der Waals surface area contributed by atoms with Crippen molar-refractivity contribution in [2.24, 2.45) is 0 Å². The second-order valence-electron chi connectivity index (χ2n) is 25.6. The number of hydrogen-bond donors (Lipinski definition) is 6. The number of aryl methyl sites for hydroxylation is 2. The third kappa shape index (κ3) is 14.8. The van der Waals surface area contributed by atoms with E-state index in [2.05, 4.69) is 31.9 Å². The zero-order chi connectivity index (χ0) is 71.3. The molecule has 10 amide bonds. The second kappa shape index (κ2) is 30.3. The van der Waals surface area contributed by atoms with Gasteiger partial charge in [0.15, 0.2) is 0 Å². The van der Waals surface area contributed by atoms with E-state index in [0.29, 0.717) is 95.5 Å². The highest BCUT2D eigenvalue weighted by Gasteiger charge is 2.52. The Hall–Kier alpha value is -10.5. The smallest absolute Gasteiger partial charge is 0.411 e. The summed E-state index contributed by atoms with van der Waals surface area (Å²) in [5.41, 5.74) is 4.06. The molecule has 6 N–H and O–H groups in total. The number of anilines is 2. The van der Waals surface area contributed by atoms with Gasteiger partial charge in [0.25, 0.3) is 11.5 Å². The lowest BCUT2D eigenvalue weighted by molar-refractivity contribution is -0.173. The van der Waals surface area contributed by atoms with Gasteiger partial charge >= 0.3 is 18.2 Å². The Bertz CT molecular complexity index is 4380. The number of aromatic nitrogens is 2. The molecule has 28 heteroatoms. The van der Waals surface area contributed by atoms with Crippen molar-refractivity contribution in [1.29, 1.82) is 0 Å². The fourth-order valence-electron chi connectivity index (χ4n) is 13.6. The molecule has 6 aromatic rings. The third-order valence-electron chi connectivity index (χ3n) is 19.0. The van der Waals surface area contributed by atoms with Crippen LogP contribution in [0.2, 0.25) is 0 Å². The van der Waals surface area contributed by atoms with Crippen LogP contribution in [-0.2, 0) is 90.8 Å². The lowest BCUT2D eigenvalue weighted by Gasteiger charge is -2.37. The number of pyridine rings is 2. The van der Waals surface area contributed by atoms with E-state index in [1.165, 1.54) is 45.3 Å². The molecule has 5 aliphatic rings. The van der Waals surface area contributed by atoms with E-state index in [1.807, 2.05) is 6.92 Å². The number of esters is 1. The number of ether oxygens (including phenoxy) is 3. The molecule has 4 aliphatic heterocycles. The lowest BCUT2D eigenvalue weighted by atomic mass is 9.81. The highest BCUT2D eigenvalue weighted by atomic mass is 32.2. The number of likely N-dealkylation sites (tertiary alicyclic amines) is 1. The highest BCUT2D eigenvalue weighted by molar-refractivity contribution is 8.00. The minimum Gasteiger partial charge on any atom is -0.457 e. The quantitative estimate of drug-likeness (QED) is 0.0219. The average molecular weight is 1390 g/mol. The molecular weight excluding hydrogens is 1310 g/mol. The molecule has 0 radical (unpaired) electrons. The standard InChI is InChI=1S/C72H78FN11O15S/c1-7-9-17-57(85)78-52-25-24-46-40(4)51(73)30-53-62(46)63(52)48-36-83-55(64(48)80-53)29-50-49(67(83)92)38-97-69(94)72(50,8-2)99-70(95)81(5)35-45-16-13-26-82(45)71(96)98-37-42-19-21-43(22-20-42)77-59(87)34-76-66(91)54(27-41-14-11-10-12-15-41)79-60(88)33-74-58(86)32-75-65(90)47-28-44(23-18-39(47)3)84-61(89)31-56(100-6)68(84)93/h10-12,14-15,18-23,28-30,45,52,54,56H,7-9,13,16-17,24-27,31-38H2,1-6H3,(H,74,86)(H,75,90)(H,76,91)(H,77,87)(H,78,85)(H,79,88)/t45-,52-,54-,56?,72-/m0/s1. The number of fused-ring (bicyclic) bond motifs is 5. The van der Waals surface area contributed by atoms with Gasteiger partial charge in [0.05, 0.1) is 71.7 Å². The Labute approximate surface area is 579 Å². The Kier molecular flexibility index (Phi) is 21.5. The molecule has 0 spiro atoms. The van der Waals surface area contributed by atoms with E-state index in [1.54, 1.807) is 99.8 Å². The van der Waals surface area contributed by atoms with E-state index in [0.717, 1.165) is 27.8 Å². The van der Waals surface area contributed by atoms with Crippen LogP contribution in [-0.4, -0.2) is 148 Å². The van der Waals surface area contributed by atoms with Crippen molar-refractivity contribution in [2.75, 3.05) is 56.2 Å². The first-order valence-corrected chi connectivity index (χ1v) is 34.6. The normalized spacial score (nSPS) is 18.2. The molecule has 26 nitrogen and oxygen atoms in total. The summed E-state index contributed by atoms with van der Waals surface area (Å²) in [6.45, 7) is 5.30. The highest BCUT2D eigenvalue weighted by Crippen LogP contribution is 2.47. The summed E-state index contributed by atoms with van der Waals surface area (Å²) in [7, 11) is 1.47. The summed E-state index contributed by atoms with van der Waals surface area (Å²) < 4.78 is 34.7. The number of nitrogens with one attached hydrogen (secondary N) is 6.